The second-order valence-corrected chi connectivity index (χ2v) is 4.53. The molecule has 110 valence electrons. The Balaban J connectivity index is 1.63. The first-order valence-electron chi connectivity index (χ1n) is 6.49. The van der Waals surface area contributed by atoms with E-state index < -0.39 is 0 Å². The molecule has 3 heterocycles. The number of nitrogens with zero attached hydrogens (tertiary/aromatic N) is 4. The maximum atomic E-state index is 12.1. The number of aromatic nitrogens is 3. The highest BCUT2D eigenvalue weighted by Gasteiger charge is 2.30. The van der Waals surface area contributed by atoms with Crippen molar-refractivity contribution in [3.63, 3.8) is 0 Å². The van der Waals surface area contributed by atoms with Crippen LogP contribution >= 0.6 is 0 Å². The van der Waals surface area contributed by atoms with Crippen molar-refractivity contribution in [1.29, 1.82) is 0 Å². The van der Waals surface area contributed by atoms with Gasteiger partial charge in [0.05, 0.1) is 19.9 Å². The van der Waals surface area contributed by atoms with Gasteiger partial charge in [-0.05, 0) is 0 Å². The van der Waals surface area contributed by atoms with Crippen molar-refractivity contribution in [3.8, 4) is 11.8 Å². The summed E-state index contributed by atoms with van der Waals surface area (Å²) < 4.78 is 15.7. The lowest BCUT2D eigenvalue weighted by atomic mass is 10.3. The van der Waals surface area contributed by atoms with E-state index in [9.17, 15) is 4.79 Å². The molecule has 1 fully saturated rings. The number of ether oxygens (including phenoxy) is 2. The smallest absolute Gasteiger partial charge is 0.292 e. The average Bonchev–Trinajstić information content (AvgIpc) is 3.19. The summed E-state index contributed by atoms with van der Waals surface area (Å²) in [5.41, 5.74) is 0. The Morgan fingerprint density at radius 3 is 2.86 bits per heavy atom. The van der Waals surface area contributed by atoms with Gasteiger partial charge in [0.2, 0.25) is 5.76 Å². The van der Waals surface area contributed by atoms with Crippen molar-refractivity contribution < 1.29 is 18.8 Å². The molecule has 0 N–H and O–H groups in total. The Morgan fingerprint density at radius 1 is 1.33 bits per heavy atom. The number of carbonyl (C=O) groups is 1. The Labute approximate surface area is 120 Å². The third-order valence-electron chi connectivity index (χ3n) is 3.19. The highest BCUT2D eigenvalue weighted by atomic mass is 16.5. The minimum Gasteiger partial charge on any atom is -0.477 e. The lowest BCUT2D eigenvalue weighted by molar-refractivity contribution is 0.0729. The van der Waals surface area contributed by atoms with E-state index in [4.69, 9.17) is 14.0 Å². The molecule has 3 rings (SSSR count). The van der Waals surface area contributed by atoms with Gasteiger partial charge < -0.3 is 18.9 Å². The van der Waals surface area contributed by atoms with Crippen LogP contribution in [0.1, 0.15) is 17.0 Å². The van der Waals surface area contributed by atoms with E-state index in [1.807, 2.05) is 0 Å². The van der Waals surface area contributed by atoms with Crippen LogP contribution in [0.5, 0.6) is 11.8 Å². The summed E-state index contributed by atoms with van der Waals surface area (Å²) in [6.07, 6.45) is 5.06. The second-order valence-electron chi connectivity index (χ2n) is 4.53. The topological polar surface area (TPSA) is 90.6 Å². The van der Waals surface area contributed by atoms with Gasteiger partial charge in [0.15, 0.2) is 0 Å². The summed E-state index contributed by atoms with van der Waals surface area (Å²) >= 11 is 0. The molecule has 8 heteroatoms. The molecule has 1 aliphatic heterocycles. The first-order chi connectivity index (χ1) is 10.3. The molecule has 0 saturated carbocycles. The van der Waals surface area contributed by atoms with Gasteiger partial charge >= 0.3 is 0 Å². The van der Waals surface area contributed by atoms with Gasteiger partial charge in [-0.25, -0.2) is 9.97 Å². The molecular weight excluding hydrogens is 276 g/mol. The number of carbonyl (C=O) groups excluding carboxylic acids is 1. The van der Waals surface area contributed by atoms with Gasteiger partial charge in [-0.1, -0.05) is 5.16 Å². The van der Waals surface area contributed by atoms with Crippen LogP contribution in [0.15, 0.2) is 29.2 Å². The molecule has 1 amide bonds. The molecule has 1 saturated heterocycles. The van der Waals surface area contributed by atoms with Gasteiger partial charge in [0.1, 0.15) is 6.10 Å². The first kappa shape index (κ1) is 13.3. The predicted octanol–water partition coefficient (Wildman–Crippen LogP) is 0.767. The van der Waals surface area contributed by atoms with Crippen molar-refractivity contribution in [2.75, 3.05) is 20.2 Å². The normalized spacial score (nSPS) is 17.8. The minimum atomic E-state index is -0.190. The van der Waals surface area contributed by atoms with Crippen molar-refractivity contribution >= 4 is 5.91 Å². The number of rotatable bonds is 4. The SMILES string of the molecule is COc1nccnc1O[C@@H]1CCN(C(=O)c2ccno2)C1. The van der Waals surface area contributed by atoms with E-state index in [1.165, 1.54) is 25.7 Å². The molecule has 0 aromatic carbocycles. The number of methoxy groups -OCH3 is 1. The summed E-state index contributed by atoms with van der Waals surface area (Å²) in [5, 5.41) is 3.54. The number of hydrogen-bond acceptors (Lipinski definition) is 7. The predicted molar refractivity (Wildman–Crippen MR) is 70.0 cm³/mol. The summed E-state index contributed by atoms with van der Waals surface area (Å²) in [7, 11) is 1.51. The van der Waals surface area contributed by atoms with E-state index in [0.29, 0.717) is 31.3 Å². The molecule has 1 aliphatic rings. The Morgan fingerprint density at radius 2 is 2.14 bits per heavy atom. The van der Waals surface area contributed by atoms with Crippen LogP contribution in [0.25, 0.3) is 0 Å². The van der Waals surface area contributed by atoms with Crippen LogP contribution in [0.3, 0.4) is 0 Å². The van der Waals surface area contributed by atoms with Crippen LogP contribution in [0, 0.1) is 0 Å². The fraction of sp³-hybridized carbons (Fsp3) is 0.385. The van der Waals surface area contributed by atoms with Crippen LogP contribution in [0.2, 0.25) is 0 Å². The van der Waals surface area contributed by atoms with Gasteiger partial charge in [0, 0.05) is 31.4 Å². The lowest BCUT2D eigenvalue weighted by Gasteiger charge is -2.16. The number of likely N-dealkylation sites (tertiary alicyclic amines) is 1. The molecule has 0 spiro atoms. The third kappa shape index (κ3) is 2.78. The maximum absolute atomic E-state index is 12.1. The second kappa shape index (κ2) is 5.78. The van der Waals surface area contributed by atoms with Crippen molar-refractivity contribution in [1.82, 2.24) is 20.0 Å². The summed E-state index contributed by atoms with van der Waals surface area (Å²) in [5.74, 6) is 0.703. The van der Waals surface area contributed by atoms with Crippen LogP contribution in [-0.4, -0.2) is 52.2 Å². The number of hydrogen-bond donors (Lipinski definition) is 0. The monoisotopic (exact) mass is 290 g/mol. The van der Waals surface area contributed by atoms with Crippen molar-refractivity contribution in [2.45, 2.75) is 12.5 Å². The van der Waals surface area contributed by atoms with E-state index in [1.54, 1.807) is 11.0 Å². The van der Waals surface area contributed by atoms with E-state index in [2.05, 4.69) is 15.1 Å². The van der Waals surface area contributed by atoms with E-state index >= 15 is 0 Å². The molecule has 0 aliphatic carbocycles. The van der Waals surface area contributed by atoms with Gasteiger partial charge in [0.25, 0.3) is 17.7 Å². The molecule has 2 aromatic heterocycles. The lowest BCUT2D eigenvalue weighted by Crippen LogP contribution is -2.30. The maximum Gasteiger partial charge on any atom is 0.292 e. The summed E-state index contributed by atoms with van der Waals surface area (Å²) in [4.78, 5) is 21.9. The molecule has 0 radical (unpaired) electrons. The Kier molecular flexibility index (Phi) is 3.67. The van der Waals surface area contributed by atoms with Crippen LogP contribution < -0.4 is 9.47 Å². The first-order valence-corrected chi connectivity index (χ1v) is 6.49. The minimum absolute atomic E-state index is 0.150. The summed E-state index contributed by atoms with van der Waals surface area (Å²) in [6.45, 7) is 1.05. The van der Waals surface area contributed by atoms with Gasteiger partial charge in [-0.15, -0.1) is 0 Å². The van der Waals surface area contributed by atoms with Crippen molar-refractivity contribution in [2.24, 2.45) is 0 Å². The van der Waals surface area contributed by atoms with E-state index in [0.717, 1.165) is 0 Å². The zero-order valence-electron chi connectivity index (χ0n) is 11.4. The van der Waals surface area contributed by atoms with Gasteiger partial charge in [-0.2, -0.15) is 0 Å². The molecule has 0 bridgehead atoms. The average molecular weight is 290 g/mol. The molecular formula is C13H14N4O4. The highest BCUT2D eigenvalue weighted by molar-refractivity contribution is 5.91. The highest BCUT2D eigenvalue weighted by Crippen LogP contribution is 2.24. The number of amides is 1. The Bertz CT molecular complexity index is 616. The van der Waals surface area contributed by atoms with Gasteiger partial charge in [-0.3, -0.25) is 4.79 Å². The Hall–Kier alpha value is -2.64. The van der Waals surface area contributed by atoms with Crippen LogP contribution in [-0.2, 0) is 0 Å². The standard InChI is InChI=1S/C13H14N4O4/c1-19-11-12(15-6-5-14-11)20-9-3-7-17(8-9)13(18)10-2-4-16-21-10/h2,4-6,9H,3,7-8H2,1H3/t9-/m1/s1. The zero-order valence-corrected chi connectivity index (χ0v) is 11.4. The molecule has 2 aromatic rings. The third-order valence-corrected chi connectivity index (χ3v) is 3.19. The quantitative estimate of drug-likeness (QED) is 0.821. The summed E-state index contributed by atoms with van der Waals surface area (Å²) in [6, 6.07) is 1.54. The zero-order chi connectivity index (χ0) is 14.7. The van der Waals surface area contributed by atoms with E-state index in [-0.39, 0.29) is 17.8 Å². The molecule has 21 heavy (non-hydrogen) atoms. The largest absolute Gasteiger partial charge is 0.477 e. The molecule has 1 atom stereocenters. The molecule has 0 unspecified atom stereocenters. The fourth-order valence-corrected chi connectivity index (χ4v) is 2.18. The van der Waals surface area contributed by atoms with Crippen LogP contribution in [0.4, 0.5) is 0 Å². The van der Waals surface area contributed by atoms with Crippen molar-refractivity contribution in [3.05, 3.63) is 30.4 Å². The molecule has 8 nitrogen and oxygen atoms in total. The fourth-order valence-electron chi connectivity index (χ4n) is 2.18.